The first-order valence-electron chi connectivity index (χ1n) is 11.5. The molecule has 1 aromatic carbocycles. The van der Waals surface area contributed by atoms with Crippen LogP contribution in [0.2, 0.25) is 0 Å². The van der Waals surface area contributed by atoms with Crippen LogP contribution in [0.4, 0.5) is 0 Å². The Bertz CT molecular complexity index is 965. The van der Waals surface area contributed by atoms with E-state index in [2.05, 4.69) is 15.7 Å². The second kappa shape index (κ2) is 9.97. The zero-order valence-electron chi connectivity index (χ0n) is 18.5. The van der Waals surface area contributed by atoms with Crippen molar-refractivity contribution < 1.29 is 14.4 Å². The predicted octanol–water partition coefficient (Wildman–Crippen LogP) is 2.50. The Labute approximate surface area is 188 Å². The second-order valence-corrected chi connectivity index (χ2v) is 8.74. The van der Waals surface area contributed by atoms with Gasteiger partial charge in [-0.15, -0.1) is 0 Å². The van der Waals surface area contributed by atoms with Crippen molar-refractivity contribution in [2.75, 3.05) is 6.54 Å². The molecule has 1 aromatic heterocycles. The van der Waals surface area contributed by atoms with Gasteiger partial charge in [0.15, 0.2) is 5.69 Å². The summed E-state index contributed by atoms with van der Waals surface area (Å²) in [5.41, 5.74) is 1.62. The molecule has 8 nitrogen and oxygen atoms in total. The quantitative estimate of drug-likeness (QED) is 0.726. The summed E-state index contributed by atoms with van der Waals surface area (Å²) in [5, 5.41) is 10.1. The highest BCUT2D eigenvalue weighted by Crippen LogP contribution is 2.18. The normalized spacial score (nSPS) is 17.9. The number of carbonyl (C=O) groups excluding carboxylic acids is 3. The number of fused-ring (bicyclic) bond motifs is 1. The van der Waals surface area contributed by atoms with Crippen LogP contribution in [0.25, 0.3) is 0 Å². The van der Waals surface area contributed by atoms with Crippen molar-refractivity contribution in [2.45, 2.75) is 70.6 Å². The van der Waals surface area contributed by atoms with Crippen molar-refractivity contribution in [1.82, 2.24) is 25.3 Å². The largest absolute Gasteiger partial charge is 0.352 e. The lowest BCUT2D eigenvalue weighted by Crippen LogP contribution is -2.48. The van der Waals surface area contributed by atoms with Crippen LogP contribution in [0.15, 0.2) is 36.4 Å². The highest BCUT2D eigenvalue weighted by atomic mass is 16.2. The van der Waals surface area contributed by atoms with Crippen molar-refractivity contribution in [1.29, 1.82) is 0 Å². The van der Waals surface area contributed by atoms with Gasteiger partial charge in [0.2, 0.25) is 5.91 Å². The van der Waals surface area contributed by atoms with Gasteiger partial charge in [0.25, 0.3) is 11.8 Å². The number of benzene rings is 1. The number of hydrogen-bond acceptors (Lipinski definition) is 4. The summed E-state index contributed by atoms with van der Waals surface area (Å²) in [5.74, 6) is -0.767. The van der Waals surface area contributed by atoms with E-state index in [9.17, 15) is 14.4 Å². The minimum atomic E-state index is -0.670. The van der Waals surface area contributed by atoms with Crippen LogP contribution in [-0.4, -0.2) is 51.0 Å². The summed E-state index contributed by atoms with van der Waals surface area (Å²) in [7, 11) is 0. The first kappa shape index (κ1) is 22.0. The summed E-state index contributed by atoms with van der Waals surface area (Å²) in [4.78, 5) is 40.1. The minimum absolute atomic E-state index is 0.138. The van der Waals surface area contributed by atoms with Crippen molar-refractivity contribution in [3.05, 3.63) is 53.3 Å². The van der Waals surface area contributed by atoms with E-state index in [-0.39, 0.29) is 23.6 Å². The molecule has 170 valence electrons. The van der Waals surface area contributed by atoms with Crippen LogP contribution in [-0.2, 0) is 17.9 Å². The van der Waals surface area contributed by atoms with Gasteiger partial charge in [-0.05, 0) is 31.7 Å². The Morgan fingerprint density at radius 3 is 2.59 bits per heavy atom. The lowest BCUT2D eigenvalue weighted by Gasteiger charge is -2.24. The molecule has 32 heavy (non-hydrogen) atoms. The number of aromatic nitrogens is 2. The van der Waals surface area contributed by atoms with E-state index in [1.165, 1.54) is 12.5 Å². The van der Waals surface area contributed by atoms with Crippen LogP contribution >= 0.6 is 0 Å². The van der Waals surface area contributed by atoms with E-state index in [0.717, 1.165) is 37.7 Å². The fraction of sp³-hybridized carbons (Fsp3) is 0.500. The number of carbonyl (C=O) groups is 3. The first-order valence-corrected chi connectivity index (χ1v) is 11.5. The van der Waals surface area contributed by atoms with Crippen molar-refractivity contribution >= 4 is 17.7 Å². The third-order valence-corrected chi connectivity index (χ3v) is 6.23. The monoisotopic (exact) mass is 437 g/mol. The molecule has 0 bridgehead atoms. The van der Waals surface area contributed by atoms with Gasteiger partial charge in [-0.25, -0.2) is 0 Å². The molecule has 3 amide bonds. The van der Waals surface area contributed by atoms with Crippen LogP contribution < -0.4 is 10.6 Å². The summed E-state index contributed by atoms with van der Waals surface area (Å²) >= 11 is 0. The van der Waals surface area contributed by atoms with Crippen molar-refractivity contribution in [3.8, 4) is 0 Å². The molecule has 1 unspecified atom stereocenters. The average Bonchev–Trinajstić information content (AvgIpc) is 3.18. The zero-order chi connectivity index (χ0) is 22.5. The summed E-state index contributed by atoms with van der Waals surface area (Å²) in [6.45, 7) is 3.39. The zero-order valence-corrected chi connectivity index (χ0v) is 18.5. The lowest BCUT2D eigenvalue weighted by molar-refractivity contribution is -0.123. The number of hydrogen-bond donors (Lipinski definition) is 2. The molecule has 0 spiro atoms. The van der Waals surface area contributed by atoms with Crippen LogP contribution in [0.3, 0.4) is 0 Å². The number of nitrogens with zero attached hydrogens (tertiary/aromatic N) is 3. The standard InChI is InChI=1S/C24H31N5O3/c1-17(22(30)26-19-11-6-3-7-12-19)25-23(31)20-15-21-24(32)28(13-8-14-29(21)27-20)16-18-9-4-2-5-10-18/h2,4-5,9-10,15,17,19H,3,6-8,11-14,16H2,1H3,(H,25,31)(H,26,30). The maximum absolute atomic E-state index is 13.1. The van der Waals surface area contributed by atoms with E-state index >= 15 is 0 Å². The number of rotatable bonds is 6. The van der Waals surface area contributed by atoms with E-state index in [4.69, 9.17) is 0 Å². The van der Waals surface area contributed by atoms with Gasteiger partial charge < -0.3 is 15.5 Å². The SMILES string of the molecule is CC(NC(=O)c1cc2n(n1)CCCN(Cc1ccccc1)C2=O)C(=O)NC1CCCCC1. The molecule has 1 atom stereocenters. The van der Waals surface area contributed by atoms with Crippen LogP contribution in [0.1, 0.15) is 72.0 Å². The Kier molecular flexibility index (Phi) is 6.87. The third kappa shape index (κ3) is 5.18. The Morgan fingerprint density at radius 1 is 1.09 bits per heavy atom. The van der Waals surface area contributed by atoms with Gasteiger partial charge in [0.1, 0.15) is 11.7 Å². The molecule has 1 fully saturated rings. The molecular formula is C24H31N5O3. The topological polar surface area (TPSA) is 96.3 Å². The summed E-state index contributed by atoms with van der Waals surface area (Å²) < 4.78 is 1.61. The average molecular weight is 438 g/mol. The lowest BCUT2D eigenvalue weighted by atomic mass is 9.95. The van der Waals surface area contributed by atoms with Crippen LogP contribution in [0.5, 0.6) is 0 Å². The Hall–Kier alpha value is -3.16. The van der Waals surface area contributed by atoms with E-state index in [1.807, 2.05) is 30.3 Å². The summed E-state index contributed by atoms with van der Waals surface area (Å²) in [6, 6.07) is 10.9. The highest BCUT2D eigenvalue weighted by Gasteiger charge is 2.28. The molecule has 2 heterocycles. The molecule has 1 aliphatic carbocycles. The minimum Gasteiger partial charge on any atom is -0.352 e. The van der Waals surface area contributed by atoms with E-state index in [0.29, 0.717) is 25.3 Å². The maximum Gasteiger partial charge on any atom is 0.272 e. The van der Waals surface area contributed by atoms with E-state index in [1.54, 1.807) is 16.5 Å². The Morgan fingerprint density at radius 2 is 1.84 bits per heavy atom. The molecule has 2 N–H and O–H groups in total. The van der Waals surface area contributed by atoms with E-state index < -0.39 is 11.9 Å². The highest BCUT2D eigenvalue weighted by molar-refractivity contribution is 5.99. The molecule has 1 saturated carbocycles. The Balaban J connectivity index is 1.39. The number of amides is 3. The molecule has 2 aromatic rings. The third-order valence-electron chi connectivity index (χ3n) is 6.23. The molecule has 4 rings (SSSR count). The molecule has 8 heteroatoms. The summed E-state index contributed by atoms with van der Waals surface area (Å²) in [6.07, 6.45) is 6.20. The maximum atomic E-state index is 13.1. The van der Waals surface area contributed by atoms with Gasteiger partial charge in [-0.1, -0.05) is 49.6 Å². The molecule has 0 radical (unpaired) electrons. The second-order valence-electron chi connectivity index (χ2n) is 8.74. The predicted molar refractivity (Wildman–Crippen MR) is 120 cm³/mol. The van der Waals surface area contributed by atoms with Gasteiger partial charge in [-0.3, -0.25) is 19.1 Å². The van der Waals surface area contributed by atoms with Crippen LogP contribution in [0, 0.1) is 0 Å². The molecule has 0 saturated heterocycles. The van der Waals surface area contributed by atoms with Gasteiger partial charge in [0, 0.05) is 31.7 Å². The fourth-order valence-corrected chi connectivity index (χ4v) is 4.41. The van der Waals surface area contributed by atoms with Crippen molar-refractivity contribution in [2.24, 2.45) is 0 Å². The number of aryl methyl sites for hydroxylation is 1. The molecule has 2 aliphatic rings. The van der Waals surface area contributed by atoms with Crippen molar-refractivity contribution in [3.63, 3.8) is 0 Å². The smallest absolute Gasteiger partial charge is 0.272 e. The first-order chi connectivity index (χ1) is 15.5. The number of nitrogens with one attached hydrogen (secondary N) is 2. The van der Waals surface area contributed by atoms with Gasteiger partial charge in [0.05, 0.1) is 0 Å². The van der Waals surface area contributed by atoms with Gasteiger partial charge in [-0.2, -0.15) is 5.10 Å². The molecular weight excluding hydrogens is 406 g/mol. The van der Waals surface area contributed by atoms with Gasteiger partial charge >= 0.3 is 0 Å². The fourth-order valence-electron chi connectivity index (χ4n) is 4.41. The molecule has 1 aliphatic heterocycles.